The number of rotatable bonds is 5. The molecule has 4 aromatic rings. The van der Waals surface area contributed by atoms with Crippen molar-refractivity contribution in [2.45, 2.75) is 18.8 Å². The van der Waals surface area contributed by atoms with E-state index in [-0.39, 0.29) is 5.82 Å². The van der Waals surface area contributed by atoms with Gasteiger partial charge >= 0.3 is 0 Å². The first-order valence-corrected chi connectivity index (χ1v) is 10.5. The van der Waals surface area contributed by atoms with Gasteiger partial charge in [0.05, 0.1) is 11.4 Å². The number of piperidine rings is 1. The van der Waals surface area contributed by atoms with Gasteiger partial charge in [0, 0.05) is 29.3 Å². The summed E-state index contributed by atoms with van der Waals surface area (Å²) in [6.45, 7) is 1.97. The second-order valence-corrected chi connectivity index (χ2v) is 7.67. The Morgan fingerprint density at radius 3 is 2.45 bits per heavy atom. The Labute approximate surface area is 180 Å². The predicted molar refractivity (Wildman–Crippen MR) is 119 cm³/mol. The summed E-state index contributed by atoms with van der Waals surface area (Å²) in [5.41, 5.74) is 3.49. The minimum absolute atomic E-state index is 0.262. The van der Waals surface area contributed by atoms with Gasteiger partial charge in [0.1, 0.15) is 17.4 Å². The van der Waals surface area contributed by atoms with Gasteiger partial charge in [-0.3, -0.25) is 0 Å². The maximum absolute atomic E-state index is 13.5. The van der Waals surface area contributed by atoms with E-state index in [0.29, 0.717) is 11.8 Å². The lowest BCUT2D eigenvalue weighted by molar-refractivity contribution is 0.447. The SMILES string of the molecule is Fc1ccc(-c2nc(C3CCNCC3)[nH]c2-c2ccnc(Oc3ccccc3)c2)cc1. The number of halogens is 1. The van der Waals surface area contributed by atoms with Crippen LogP contribution in [-0.2, 0) is 0 Å². The van der Waals surface area contributed by atoms with E-state index < -0.39 is 0 Å². The minimum Gasteiger partial charge on any atom is -0.439 e. The molecule has 1 fully saturated rings. The molecule has 0 radical (unpaired) electrons. The van der Waals surface area contributed by atoms with Crippen molar-refractivity contribution in [1.82, 2.24) is 20.3 Å². The van der Waals surface area contributed by atoms with Crippen LogP contribution in [-0.4, -0.2) is 28.0 Å². The molecule has 0 saturated carbocycles. The number of para-hydroxylation sites is 1. The molecule has 156 valence electrons. The van der Waals surface area contributed by atoms with Gasteiger partial charge in [-0.2, -0.15) is 0 Å². The Balaban J connectivity index is 1.54. The van der Waals surface area contributed by atoms with Crippen LogP contribution in [0.1, 0.15) is 24.6 Å². The molecule has 0 atom stereocenters. The number of aromatic amines is 1. The van der Waals surface area contributed by atoms with Crippen molar-refractivity contribution < 1.29 is 9.13 Å². The van der Waals surface area contributed by atoms with Crippen molar-refractivity contribution in [2.75, 3.05) is 13.1 Å². The van der Waals surface area contributed by atoms with Gasteiger partial charge in [-0.15, -0.1) is 0 Å². The summed E-state index contributed by atoms with van der Waals surface area (Å²) in [7, 11) is 0. The smallest absolute Gasteiger partial charge is 0.219 e. The van der Waals surface area contributed by atoms with Crippen LogP contribution in [0.3, 0.4) is 0 Å². The van der Waals surface area contributed by atoms with Crippen molar-refractivity contribution in [3.8, 4) is 34.1 Å². The van der Waals surface area contributed by atoms with E-state index >= 15 is 0 Å². The van der Waals surface area contributed by atoms with Gasteiger partial charge in [-0.1, -0.05) is 18.2 Å². The number of H-pyrrole nitrogens is 1. The number of imidazole rings is 1. The van der Waals surface area contributed by atoms with Crippen LogP contribution < -0.4 is 10.1 Å². The number of nitrogens with one attached hydrogen (secondary N) is 2. The van der Waals surface area contributed by atoms with Gasteiger partial charge < -0.3 is 15.0 Å². The highest BCUT2D eigenvalue weighted by molar-refractivity contribution is 5.78. The quantitative estimate of drug-likeness (QED) is 0.450. The molecular formula is C25H23FN4O. The van der Waals surface area contributed by atoms with Crippen LogP contribution in [0.5, 0.6) is 11.6 Å². The summed E-state index contributed by atoms with van der Waals surface area (Å²) >= 11 is 0. The maximum atomic E-state index is 13.5. The summed E-state index contributed by atoms with van der Waals surface area (Å²) < 4.78 is 19.4. The third kappa shape index (κ3) is 4.34. The van der Waals surface area contributed by atoms with E-state index in [9.17, 15) is 4.39 Å². The molecular weight excluding hydrogens is 391 g/mol. The average Bonchev–Trinajstić information content (AvgIpc) is 3.27. The van der Waals surface area contributed by atoms with E-state index in [2.05, 4.69) is 15.3 Å². The first-order chi connectivity index (χ1) is 15.3. The molecule has 31 heavy (non-hydrogen) atoms. The van der Waals surface area contributed by atoms with Crippen molar-refractivity contribution in [3.63, 3.8) is 0 Å². The standard InChI is InChI=1S/C25H23FN4O/c26-20-8-6-17(7-9-20)23-24(30-25(29-23)18-10-13-27-14-11-18)19-12-15-28-22(16-19)31-21-4-2-1-3-5-21/h1-9,12,15-16,18,27H,10-11,13-14H2,(H,29,30). The van der Waals surface area contributed by atoms with E-state index in [4.69, 9.17) is 9.72 Å². The lowest BCUT2D eigenvalue weighted by atomic mass is 9.98. The van der Waals surface area contributed by atoms with Gasteiger partial charge in [0.2, 0.25) is 5.88 Å². The van der Waals surface area contributed by atoms with Gasteiger partial charge in [-0.25, -0.2) is 14.4 Å². The topological polar surface area (TPSA) is 62.8 Å². The van der Waals surface area contributed by atoms with Crippen molar-refractivity contribution in [1.29, 1.82) is 0 Å². The zero-order chi connectivity index (χ0) is 21.0. The number of aromatic nitrogens is 3. The van der Waals surface area contributed by atoms with Crippen LogP contribution in [0, 0.1) is 5.82 Å². The fourth-order valence-corrected chi connectivity index (χ4v) is 3.94. The highest BCUT2D eigenvalue weighted by atomic mass is 19.1. The first-order valence-electron chi connectivity index (χ1n) is 10.5. The fraction of sp³-hybridized carbons (Fsp3) is 0.200. The highest BCUT2D eigenvalue weighted by Crippen LogP contribution is 2.35. The Morgan fingerprint density at radius 2 is 1.68 bits per heavy atom. The van der Waals surface area contributed by atoms with E-state index in [1.807, 2.05) is 42.5 Å². The molecule has 0 aliphatic carbocycles. The monoisotopic (exact) mass is 414 g/mol. The molecule has 1 aliphatic rings. The van der Waals surface area contributed by atoms with E-state index in [1.54, 1.807) is 18.3 Å². The zero-order valence-corrected chi connectivity index (χ0v) is 17.0. The van der Waals surface area contributed by atoms with Crippen molar-refractivity contribution in [2.24, 2.45) is 0 Å². The molecule has 3 heterocycles. The number of pyridine rings is 1. The molecule has 2 aromatic heterocycles. The normalized spacial score (nSPS) is 14.5. The molecule has 0 unspecified atom stereocenters. The molecule has 6 heteroatoms. The summed E-state index contributed by atoms with van der Waals surface area (Å²) in [6, 6.07) is 19.9. The number of ether oxygens (including phenoxy) is 1. The molecule has 5 rings (SSSR count). The number of hydrogen-bond donors (Lipinski definition) is 2. The van der Waals surface area contributed by atoms with Gasteiger partial charge in [-0.05, 0) is 68.4 Å². The van der Waals surface area contributed by atoms with Crippen molar-refractivity contribution in [3.05, 3.63) is 84.6 Å². The third-order valence-corrected chi connectivity index (χ3v) is 5.55. The second kappa shape index (κ2) is 8.70. The molecule has 2 aromatic carbocycles. The summed E-state index contributed by atoms with van der Waals surface area (Å²) in [5, 5.41) is 3.40. The molecule has 0 spiro atoms. The average molecular weight is 414 g/mol. The minimum atomic E-state index is -0.262. The molecule has 0 bridgehead atoms. The lowest BCUT2D eigenvalue weighted by Gasteiger charge is -2.20. The Kier molecular flexibility index (Phi) is 5.46. The maximum Gasteiger partial charge on any atom is 0.219 e. The Bertz CT molecular complexity index is 1150. The highest BCUT2D eigenvalue weighted by Gasteiger charge is 2.22. The van der Waals surface area contributed by atoms with Gasteiger partial charge in [0.25, 0.3) is 0 Å². The van der Waals surface area contributed by atoms with Crippen molar-refractivity contribution >= 4 is 0 Å². The number of hydrogen-bond acceptors (Lipinski definition) is 4. The van der Waals surface area contributed by atoms with Crippen LogP contribution >= 0.6 is 0 Å². The van der Waals surface area contributed by atoms with Crippen LogP contribution in [0.15, 0.2) is 72.9 Å². The molecule has 2 N–H and O–H groups in total. The third-order valence-electron chi connectivity index (χ3n) is 5.55. The van der Waals surface area contributed by atoms with Gasteiger partial charge in [0.15, 0.2) is 0 Å². The molecule has 1 saturated heterocycles. The summed E-state index contributed by atoms with van der Waals surface area (Å²) in [4.78, 5) is 12.9. The summed E-state index contributed by atoms with van der Waals surface area (Å²) in [5.74, 6) is 2.31. The van der Waals surface area contributed by atoms with Crippen LogP contribution in [0.4, 0.5) is 4.39 Å². The number of nitrogens with zero attached hydrogens (tertiary/aromatic N) is 2. The van der Waals surface area contributed by atoms with E-state index in [1.165, 1.54) is 12.1 Å². The molecule has 5 nitrogen and oxygen atoms in total. The Morgan fingerprint density at radius 1 is 0.903 bits per heavy atom. The summed E-state index contributed by atoms with van der Waals surface area (Å²) in [6.07, 6.45) is 3.80. The lowest BCUT2D eigenvalue weighted by Crippen LogP contribution is -2.27. The number of benzene rings is 2. The second-order valence-electron chi connectivity index (χ2n) is 7.67. The van der Waals surface area contributed by atoms with Crippen LogP contribution in [0.2, 0.25) is 0 Å². The van der Waals surface area contributed by atoms with Crippen LogP contribution in [0.25, 0.3) is 22.5 Å². The fourth-order valence-electron chi connectivity index (χ4n) is 3.94. The van der Waals surface area contributed by atoms with E-state index in [0.717, 1.165) is 60.0 Å². The zero-order valence-electron chi connectivity index (χ0n) is 17.0. The first kappa shape index (κ1) is 19.5. The Hall–Kier alpha value is -3.51. The largest absolute Gasteiger partial charge is 0.439 e. The molecule has 1 aliphatic heterocycles. The molecule has 0 amide bonds. The predicted octanol–water partition coefficient (Wildman–Crippen LogP) is 5.54.